The molecule has 0 aromatic heterocycles. The van der Waals surface area contributed by atoms with Gasteiger partial charge in [0.05, 0.1) is 0 Å². The van der Waals surface area contributed by atoms with Crippen LogP contribution in [0, 0.1) is 5.92 Å². The zero-order chi connectivity index (χ0) is 18.9. The zero-order valence-corrected chi connectivity index (χ0v) is 16.5. The highest BCUT2D eigenvalue weighted by Gasteiger charge is 2.47. The third-order valence-electron chi connectivity index (χ3n) is 6.31. The summed E-state index contributed by atoms with van der Waals surface area (Å²) in [7, 11) is 0. The fraction of sp³-hybridized carbons (Fsp3) is 0.458. The van der Waals surface area contributed by atoms with E-state index in [1.807, 2.05) is 13.8 Å². The van der Waals surface area contributed by atoms with Gasteiger partial charge in [0, 0.05) is 31.1 Å². The molecule has 1 amide bonds. The highest BCUT2D eigenvalue weighted by Crippen LogP contribution is 2.39. The van der Waals surface area contributed by atoms with Gasteiger partial charge in [-0.1, -0.05) is 68.4 Å². The van der Waals surface area contributed by atoms with E-state index in [1.165, 1.54) is 29.5 Å². The summed E-state index contributed by atoms with van der Waals surface area (Å²) in [5, 5.41) is 0. The van der Waals surface area contributed by atoms with Crippen LogP contribution in [0.1, 0.15) is 38.7 Å². The first-order valence-electron chi connectivity index (χ1n) is 10.3. The first-order valence-corrected chi connectivity index (χ1v) is 10.3. The van der Waals surface area contributed by atoms with Crippen molar-refractivity contribution in [1.82, 2.24) is 9.80 Å². The van der Waals surface area contributed by atoms with Crippen LogP contribution in [0.4, 0.5) is 0 Å². The Bertz CT molecular complexity index is 784. The third-order valence-corrected chi connectivity index (χ3v) is 6.31. The summed E-state index contributed by atoms with van der Waals surface area (Å²) < 4.78 is 0. The molecule has 0 aliphatic carbocycles. The summed E-state index contributed by atoms with van der Waals surface area (Å²) in [5.41, 5.74) is 4.10. The zero-order valence-electron chi connectivity index (χ0n) is 16.5. The smallest absolute Gasteiger partial charge is 0.225 e. The number of carbonyl (C=O) groups is 1. The Morgan fingerprint density at radius 2 is 1.67 bits per heavy atom. The lowest BCUT2D eigenvalue weighted by molar-refractivity contribution is -0.133. The van der Waals surface area contributed by atoms with Gasteiger partial charge in [0.2, 0.25) is 5.91 Å². The van der Waals surface area contributed by atoms with E-state index in [1.54, 1.807) is 0 Å². The monoisotopic (exact) mass is 362 g/mol. The molecule has 2 aromatic carbocycles. The molecule has 1 atom stereocenters. The van der Waals surface area contributed by atoms with Crippen molar-refractivity contribution in [2.24, 2.45) is 5.92 Å². The largest absolute Gasteiger partial charge is 0.341 e. The van der Waals surface area contributed by atoms with Gasteiger partial charge in [-0.15, -0.1) is 0 Å². The van der Waals surface area contributed by atoms with Gasteiger partial charge < -0.3 is 4.90 Å². The van der Waals surface area contributed by atoms with Crippen molar-refractivity contribution in [1.29, 1.82) is 0 Å². The number of likely N-dealkylation sites (tertiary alicyclic amines) is 2. The quantitative estimate of drug-likeness (QED) is 0.795. The van der Waals surface area contributed by atoms with Gasteiger partial charge in [-0.3, -0.25) is 9.69 Å². The predicted octanol–water partition coefficient (Wildman–Crippen LogP) is 4.58. The SMILES string of the molecule is CC(C)C(=O)N1CC[C@]2(CCCN2Cc2ccc(-c3ccccc3)cc2)C1. The average molecular weight is 363 g/mol. The molecule has 2 aliphatic heterocycles. The van der Waals surface area contributed by atoms with Gasteiger partial charge in [-0.25, -0.2) is 0 Å². The van der Waals surface area contributed by atoms with Gasteiger partial charge in [0.15, 0.2) is 0 Å². The normalized spacial score (nSPS) is 22.9. The highest BCUT2D eigenvalue weighted by molar-refractivity contribution is 5.78. The second kappa shape index (κ2) is 7.47. The van der Waals surface area contributed by atoms with Gasteiger partial charge in [-0.05, 0) is 42.5 Å². The number of hydrogen-bond donors (Lipinski definition) is 0. The summed E-state index contributed by atoms with van der Waals surface area (Å²) >= 11 is 0. The van der Waals surface area contributed by atoms with E-state index in [0.29, 0.717) is 5.91 Å². The van der Waals surface area contributed by atoms with E-state index in [9.17, 15) is 4.79 Å². The molecule has 2 saturated heterocycles. The molecule has 142 valence electrons. The molecule has 0 N–H and O–H groups in total. The molecule has 0 saturated carbocycles. The Labute approximate surface area is 163 Å². The minimum absolute atomic E-state index is 0.0977. The third kappa shape index (κ3) is 3.66. The maximum absolute atomic E-state index is 12.4. The first kappa shape index (κ1) is 18.2. The Hall–Kier alpha value is -2.13. The number of nitrogens with zero attached hydrogens (tertiary/aromatic N) is 2. The van der Waals surface area contributed by atoms with Crippen LogP contribution in [0.3, 0.4) is 0 Å². The number of rotatable bonds is 4. The topological polar surface area (TPSA) is 23.6 Å². The van der Waals surface area contributed by atoms with Gasteiger partial charge in [0.1, 0.15) is 0 Å². The van der Waals surface area contributed by atoms with Gasteiger partial charge in [-0.2, -0.15) is 0 Å². The molecule has 2 fully saturated rings. The molecule has 0 unspecified atom stereocenters. The van der Waals surface area contributed by atoms with Crippen LogP contribution < -0.4 is 0 Å². The van der Waals surface area contributed by atoms with Crippen LogP contribution in [-0.2, 0) is 11.3 Å². The minimum atomic E-state index is 0.0977. The Morgan fingerprint density at radius 3 is 2.37 bits per heavy atom. The Balaban J connectivity index is 1.45. The molecule has 1 spiro atoms. The lowest BCUT2D eigenvalue weighted by Crippen LogP contribution is -2.46. The van der Waals surface area contributed by atoms with E-state index < -0.39 is 0 Å². The van der Waals surface area contributed by atoms with E-state index in [2.05, 4.69) is 64.4 Å². The molecular formula is C24H30N2O. The van der Waals surface area contributed by atoms with Crippen molar-refractivity contribution in [3.63, 3.8) is 0 Å². The number of amides is 1. The van der Waals surface area contributed by atoms with Gasteiger partial charge >= 0.3 is 0 Å². The molecule has 0 bridgehead atoms. The van der Waals surface area contributed by atoms with Crippen LogP contribution in [-0.4, -0.2) is 40.9 Å². The fourth-order valence-corrected chi connectivity index (χ4v) is 4.77. The molecule has 27 heavy (non-hydrogen) atoms. The van der Waals surface area contributed by atoms with Crippen LogP contribution in [0.2, 0.25) is 0 Å². The molecule has 2 heterocycles. The molecule has 3 nitrogen and oxygen atoms in total. The maximum atomic E-state index is 12.4. The Kier molecular flexibility index (Phi) is 5.05. The second-order valence-electron chi connectivity index (χ2n) is 8.48. The molecule has 4 rings (SSSR count). The number of carbonyl (C=O) groups excluding carboxylic acids is 1. The van der Waals surface area contributed by atoms with Crippen LogP contribution in [0.5, 0.6) is 0 Å². The van der Waals surface area contributed by atoms with Crippen molar-refractivity contribution in [2.45, 2.75) is 45.2 Å². The van der Waals surface area contributed by atoms with E-state index in [0.717, 1.165) is 32.6 Å². The fourth-order valence-electron chi connectivity index (χ4n) is 4.77. The van der Waals surface area contributed by atoms with Crippen LogP contribution in [0.25, 0.3) is 11.1 Å². The standard InChI is InChI=1S/C24H30N2O/c1-19(2)23(27)25-16-14-24(18-25)13-6-15-26(24)17-20-9-11-22(12-10-20)21-7-4-3-5-8-21/h3-5,7-12,19H,6,13-18H2,1-2H3/t24-/m1/s1. The van der Waals surface area contributed by atoms with E-state index >= 15 is 0 Å². The summed E-state index contributed by atoms with van der Waals surface area (Å²) in [4.78, 5) is 17.2. The summed E-state index contributed by atoms with van der Waals surface area (Å²) in [6.07, 6.45) is 3.58. The van der Waals surface area contributed by atoms with E-state index in [4.69, 9.17) is 0 Å². The molecule has 3 heteroatoms. The molecule has 2 aliphatic rings. The predicted molar refractivity (Wildman–Crippen MR) is 110 cm³/mol. The lowest BCUT2D eigenvalue weighted by atomic mass is 9.94. The van der Waals surface area contributed by atoms with Crippen LogP contribution in [0.15, 0.2) is 54.6 Å². The van der Waals surface area contributed by atoms with E-state index in [-0.39, 0.29) is 11.5 Å². The van der Waals surface area contributed by atoms with Crippen LogP contribution >= 0.6 is 0 Å². The first-order chi connectivity index (χ1) is 13.1. The molecule has 0 radical (unpaired) electrons. The summed E-state index contributed by atoms with van der Waals surface area (Å²) in [6.45, 7) is 7.97. The number of benzene rings is 2. The lowest BCUT2D eigenvalue weighted by Gasteiger charge is -2.35. The molecule has 2 aromatic rings. The van der Waals surface area contributed by atoms with Gasteiger partial charge in [0.25, 0.3) is 0 Å². The van der Waals surface area contributed by atoms with Crippen molar-refractivity contribution in [3.05, 3.63) is 60.2 Å². The Morgan fingerprint density at radius 1 is 0.963 bits per heavy atom. The maximum Gasteiger partial charge on any atom is 0.225 e. The number of hydrogen-bond acceptors (Lipinski definition) is 2. The van der Waals surface area contributed by atoms with Crippen molar-refractivity contribution in [2.75, 3.05) is 19.6 Å². The highest BCUT2D eigenvalue weighted by atomic mass is 16.2. The average Bonchev–Trinajstić information content (AvgIpc) is 3.30. The van der Waals surface area contributed by atoms with Crippen molar-refractivity contribution in [3.8, 4) is 11.1 Å². The summed E-state index contributed by atoms with van der Waals surface area (Å²) in [5.74, 6) is 0.409. The minimum Gasteiger partial charge on any atom is -0.341 e. The summed E-state index contributed by atoms with van der Waals surface area (Å²) in [6, 6.07) is 19.5. The second-order valence-corrected chi connectivity index (χ2v) is 8.48. The van der Waals surface area contributed by atoms with Crippen molar-refractivity contribution < 1.29 is 4.79 Å². The van der Waals surface area contributed by atoms with Crippen molar-refractivity contribution >= 4 is 5.91 Å². The molecular weight excluding hydrogens is 332 g/mol.